The second kappa shape index (κ2) is 5.10. The van der Waals surface area contributed by atoms with Crippen LogP contribution < -0.4 is 0 Å². The number of nitro benzene ring substituents is 1. The molecule has 0 atom stereocenters. The fourth-order valence-corrected chi connectivity index (χ4v) is 2.44. The zero-order valence-electron chi connectivity index (χ0n) is 9.75. The molecular weight excluding hydrogens is 250 g/mol. The number of thiophene rings is 1. The molecule has 18 heavy (non-hydrogen) atoms. The number of nitro groups is 1. The van der Waals surface area contributed by atoms with Crippen molar-refractivity contribution in [3.63, 3.8) is 0 Å². The van der Waals surface area contributed by atoms with Gasteiger partial charge in [0.1, 0.15) is 0 Å². The summed E-state index contributed by atoms with van der Waals surface area (Å²) < 4.78 is 0. The zero-order valence-corrected chi connectivity index (χ0v) is 10.6. The van der Waals surface area contributed by atoms with Crippen LogP contribution in [0.25, 0.3) is 0 Å². The molecule has 92 valence electrons. The van der Waals surface area contributed by atoms with Crippen LogP contribution in [0.5, 0.6) is 0 Å². The molecule has 0 N–H and O–H groups in total. The molecule has 0 saturated carbocycles. The van der Waals surface area contributed by atoms with E-state index in [9.17, 15) is 14.9 Å². The molecule has 1 aromatic heterocycles. The van der Waals surface area contributed by atoms with E-state index in [-0.39, 0.29) is 11.5 Å². The summed E-state index contributed by atoms with van der Waals surface area (Å²) in [5.41, 5.74) is 1.21. The summed E-state index contributed by atoms with van der Waals surface area (Å²) in [5, 5.41) is 12.5. The molecule has 0 aliphatic heterocycles. The van der Waals surface area contributed by atoms with E-state index >= 15 is 0 Å². The Kier molecular flexibility index (Phi) is 3.53. The second-order valence-corrected chi connectivity index (χ2v) is 4.97. The van der Waals surface area contributed by atoms with Crippen LogP contribution >= 0.6 is 11.3 Å². The van der Waals surface area contributed by atoms with E-state index in [0.717, 1.165) is 4.88 Å². The molecule has 0 radical (unpaired) electrons. The van der Waals surface area contributed by atoms with E-state index in [1.165, 1.54) is 29.5 Å². The van der Waals surface area contributed by atoms with Gasteiger partial charge in [-0.2, -0.15) is 0 Å². The molecule has 2 rings (SSSR count). The van der Waals surface area contributed by atoms with Gasteiger partial charge in [0.15, 0.2) is 5.78 Å². The molecule has 1 heterocycles. The van der Waals surface area contributed by atoms with Gasteiger partial charge in [-0.05, 0) is 30.0 Å². The number of nitrogens with zero attached hydrogens (tertiary/aromatic N) is 1. The highest BCUT2D eigenvalue weighted by Gasteiger charge is 2.14. The third-order valence-electron chi connectivity index (χ3n) is 2.64. The summed E-state index contributed by atoms with van der Waals surface area (Å²) in [6, 6.07) is 8.14. The van der Waals surface area contributed by atoms with Crippen molar-refractivity contribution < 1.29 is 9.72 Å². The average Bonchev–Trinajstić information content (AvgIpc) is 2.81. The molecule has 0 fully saturated rings. The number of Topliss-reactive ketones (excluding diaryl/α,β-unsaturated/α-hetero) is 1. The van der Waals surface area contributed by atoms with Crippen LogP contribution in [0.4, 0.5) is 5.69 Å². The minimum absolute atomic E-state index is 0.00940. The lowest BCUT2D eigenvalue weighted by Gasteiger charge is -2.03. The Bertz CT molecular complexity index is 590. The van der Waals surface area contributed by atoms with E-state index in [0.29, 0.717) is 17.5 Å². The van der Waals surface area contributed by atoms with Gasteiger partial charge in [0.05, 0.1) is 4.92 Å². The maximum atomic E-state index is 12.1. The van der Waals surface area contributed by atoms with Crippen molar-refractivity contribution in [2.75, 3.05) is 0 Å². The molecule has 0 saturated heterocycles. The molecule has 0 unspecified atom stereocenters. The van der Waals surface area contributed by atoms with Crippen LogP contribution in [0, 0.1) is 17.0 Å². The lowest BCUT2D eigenvalue weighted by Crippen LogP contribution is -2.05. The molecule has 0 aliphatic rings. The molecule has 0 bridgehead atoms. The topological polar surface area (TPSA) is 60.2 Å². The molecular formula is C13H11NO3S. The minimum Gasteiger partial charge on any atom is -0.294 e. The summed E-state index contributed by atoms with van der Waals surface area (Å²) >= 11 is 1.53. The third-order valence-corrected chi connectivity index (χ3v) is 3.51. The lowest BCUT2D eigenvalue weighted by molar-refractivity contribution is -0.384. The number of carbonyl (C=O) groups is 1. The standard InChI is InChI=1S/C13H11NO3S/c1-9-7-10(14(16)17)4-5-12(9)13(15)8-11-3-2-6-18-11/h2-7H,8H2,1H3. The number of benzene rings is 1. The monoisotopic (exact) mass is 261 g/mol. The number of non-ortho nitro benzene ring substituents is 1. The molecule has 4 nitrogen and oxygen atoms in total. The van der Waals surface area contributed by atoms with Crippen LogP contribution in [-0.4, -0.2) is 10.7 Å². The van der Waals surface area contributed by atoms with Crippen molar-refractivity contribution in [1.29, 1.82) is 0 Å². The van der Waals surface area contributed by atoms with Crippen molar-refractivity contribution in [2.45, 2.75) is 13.3 Å². The van der Waals surface area contributed by atoms with Crippen molar-refractivity contribution in [3.8, 4) is 0 Å². The maximum Gasteiger partial charge on any atom is 0.269 e. The van der Waals surface area contributed by atoms with E-state index < -0.39 is 4.92 Å². The first kappa shape index (κ1) is 12.4. The summed E-state index contributed by atoms with van der Waals surface area (Å²) in [6.45, 7) is 1.72. The maximum absolute atomic E-state index is 12.1. The predicted molar refractivity (Wildman–Crippen MR) is 70.2 cm³/mol. The van der Waals surface area contributed by atoms with Crippen LogP contribution in [0.15, 0.2) is 35.7 Å². The Morgan fingerprint density at radius 1 is 1.39 bits per heavy atom. The fourth-order valence-electron chi connectivity index (χ4n) is 1.74. The Balaban J connectivity index is 2.23. The Morgan fingerprint density at radius 2 is 2.17 bits per heavy atom. The van der Waals surface area contributed by atoms with Gasteiger partial charge in [0.25, 0.3) is 5.69 Å². The zero-order chi connectivity index (χ0) is 13.1. The van der Waals surface area contributed by atoms with Crippen LogP contribution in [-0.2, 0) is 6.42 Å². The Labute approximate surface area is 108 Å². The number of hydrogen-bond donors (Lipinski definition) is 0. The number of rotatable bonds is 4. The Morgan fingerprint density at radius 3 is 2.72 bits per heavy atom. The third kappa shape index (κ3) is 2.62. The summed E-state index contributed by atoms with van der Waals surface area (Å²) in [5.74, 6) is -0.00940. The van der Waals surface area contributed by atoms with E-state index in [1.54, 1.807) is 6.92 Å². The van der Waals surface area contributed by atoms with Gasteiger partial charge < -0.3 is 0 Å². The predicted octanol–water partition coefficient (Wildman–Crippen LogP) is 3.39. The molecule has 5 heteroatoms. The van der Waals surface area contributed by atoms with Crippen LogP contribution in [0.2, 0.25) is 0 Å². The van der Waals surface area contributed by atoms with Gasteiger partial charge in [0.2, 0.25) is 0 Å². The first-order chi connectivity index (χ1) is 8.58. The average molecular weight is 261 g/mol. The smallest absolute Gasteiger partial charge is 0.269 e. The van der Waals surface area contributed by atoms with Crippen molar-refractivity contribution in [2.24, 2.45) is 0 Å². The van der Waals surface area contributed by atoms with Gasteiger partial charge in [-0.15, -0.1) is 11.3 Å². The van der Waals surface area contributed by atoms with Crippen molar-refractivity contribution in [3.05, 3.63) is 61.8 Å². The quantitative estimate of drug-likeness (QED) is 0.481. The SMILES string of the molecule is Cc1cc([N+](=O)[O-])ccc1C(=O)Cc1cccs1. The number of ketones is 1. The highest BCUT2D eigenvalue weighted by molar-refractivity contribution is 7.10. The number of aryl methyl sites for hydroxylation is 1. The molecule has 1 aromatic carbocycles. The van der Waals surface area contributed by atoms with Gasteiger partial charge in [0, 0.05) is 29.0 Å². The summed E-state index contributed by atoms with van der Waals surface area (Å²) in [4.78, 5) is 23.2. The van der Waals surface area contributed by atoms with Gasteiger partial charge in [-0.25, -0.2) is 0 Å². The normalized spacial score (nSPS) is 10.3. The largest absolute Gasteiger partial charge is 0.294 e. The van der Waals surface area contributed by atoms with E-state index in [2.05, 4.69) is 0 Å². The van der Waals surface area contributed by atoms with Gasteiger partial charge in [-0.1, -0.05) is 6.07 Å². The number of hydrogen-bond acceptors (Lipinski definition) is 4. The lowest BCUT2D eigenvalue weighted by atomic mass is 10.0. The van der Waals surface area contributed by atoms with E-state index in [4.69, 9.17) is 0 Å². The molecule has 2 aromatic rings. The summed E-state index contributed by atoms with van der Waals surface area (Å²) in [6.07, 6.45) is 0.344. The van der Waals surface area contributed by atoms with Crippen LogP contribution in [0.1, 0.15) is 20.8 Å². The highest BCUT2D eigenvalue weighted by Crippen LogP contribution is 2.20. The number of carbonyl (C=O) groups excluding carboxylic acids is 1. The molecule has 0 aliphatic carbocycles. The van der Waals surface area contributed by atoms with Crippen LogP contribution in [0.3, 0.4) is 0 Å². The van der Waals surface area contributed by atoms with Crippen molar-refractivity contribution in [1.82, 2.24) is 0 Å². The molecule has 0 spiro atoms. The minimum atomic E-state index is -0.458. The van der Waals surface area contributed by atoms with Gasteiger partial charge >= 0.3 is 0 Å². The van der Waals surface area contributed by atoms with Crippen molar-refractivity contribution >= 4 is 22.8 Å². The first-order valence-electron chi connectivity index (χ1n) is 5.38. The Hall–Kier alpha value is -2.01. The van der Waals surface area contributed by atoms with E-state index in [1.807, 2.05) is 17.5 Å². The molecule has 0 amide bonds. The highest BCUT2D eigenvalue weighted by atomic mass is 32.1. The summed E-state index contributed by atoms with van der Waals surface area (Å²) in [7, 11) is 0. The first-order valence-corrected chi connectivity index (χ1v) is 6.26. The fraction of sp³-hybridized carbons (Fsp3) is 0.154. The van der Waals surface area contributed by atoms with Gasteiger partial charge in [-0.3, -0.25) is 14.9 Å². The second-order valence-electron chi connectivity index (χ2n) is 3.94.